The van der Waals surface area contributed by atoms with Crippen LogP contribution in [-0.4, -0.2) is 73.2 Å². The van der Waals surface area contributed by atoms with Crippen molar-refractivity contribution in [1.29, 1.82) is 0 Å². The zero-order chi connectivity index (χ0) is 24.7. The van der Waals surface area contributed by atoms with Crippen LogP contribution in [0.1, 0.15) is 63.2 Å². The first-order valence-electron chi connectivity index (χ1n) is 12.3. The Bertz CT molecular complexity index is 833. The molecule has 2 heterocycles. The average molecular weight is 474 g/mol. The van der Waals surface area contributed by atoms with Crippen molar-refractivity contribution < 1.29 is 23.9 Å². The lowest BCUT2D eigenvalue weighted by Crippen LogP contribution is -2.42. The molecule has 0 radical (unpaired) electrons. The number of rotatable bonds is 6. The second kappa shape index (κ2) is 11.6. The first kappa shape index (κ1) is 25.8. The van der Waals surface area contributed by atoms with E-state index in [2.05, 4.69) is 5.32 Å². The molecule has 1 aromatic carbocycles. The molecule has 8 nitrogen and oxygen atoms in total. The van der Waals surface area contributed by atoms with Crippen LogP contribution in [0, 0.1) is 11.8 Å². The minimum Gasteiger partial charge on any atom is -0.469 e. The summed E-state index contributed by atoms with van der Waals surface area (Å²) < 4.78 is 10.2. The van der Waals surface area contributed by atoms with Gasteiger partial charge in [0.25, 0.3) is 5.91 Å². The molecule has 0 bridgehead atoms. The molecule has 8 heteroatoms. The fourth-order valence-corrected chi connectivity index (χ4v) is 4.48. The molecule has 0 atom stereocenters. The molecule has 0 unspecified atom stereocenters. The number of ether oxygens (including phenoxy) is 2. The number of piperidine rings is 2. The van der Waals surface area contributed by atoms with Crippen LogP contribution >= 0.6 is 0 Å². The maximum Gasteiger partial charge on any atom is 0.410 e. The van der Waals surface area contributed by atoms with Crippen LogP contribution in [-0.2, 0) is 14.3 Å². The van der Waals surface area contributed by atoms with E-state index in [1.54, 1.807) is 4.90 Å². The summed E-state index contributed by atoms with van der Waals surface area (Å²) in [7, 11) is 1.41. The number of anilines is 1. The third-order valence-corrected chi connectivity index (χ3v) is 6.58. The van der Waals surface area contributed by atoms with E-state index in [0.717, 1.165) is 37.9 Å². The Balaban J connectivity index is 1.39. The van der Waals surface area contributed by atoms with Crippen LogP contribution in [0.5, 0.6) is 0 Å². The van der Waals surface area contributed by atoms with Crippen LogP contribution in [0.25, 0.3) is 0 Å². The maximum absolute atomic E-state index is 12.8. The van der Waals surface area contributed by atoms with Gasteiger partial charge in [-0.2, -0.15) is 0 Å². The van der Waals surface area contributed by atoms with E-state index in [4.69, 9.17) is 9.47 Å². The predicted molar refractivity (Wildman–Crippen MR) is 131 cm³/mol. The van der Waals surface area contributed by atoms with Crippen molar-refractivity contribution in [3.63, 3.8) is 0 Å². The summed E-state index contributed by atoms with van der Waals surface area (Å²) in [6.07, 6.45) is 3.73. The summed E-state index contributed by atoms with van der Waals surface area (Å²) >= 11 is 0. The quantitative estimate of drug-likeness (QED) is 0.624. The van der Waals surface area contributed by atoms with E-state index in [0.29, 0.717) is 50.0 Å². The monoisotopic (exact) mass is 473 g/mol. The topological polar surface area (TPSA) is 88.2 Å². The highest BCUT2D eigenvalue weighted by molar-refractivity contribution is 5.94. The summed E-state index contributed by atoms with van der Waals surface area (Å²) in [6.45, 7) is 9.26. The molecule has 0 aliphatic carbocycles. The van der Waals surface area contributed by atoms with E-state index in [1.807, 2.05) is 49.9 Å². The molecule has 2 amide bonds. The zero-order valence-electron chi connectivity index (χ0n) is 21.0. The van der Waals surface area contributed by atoms with Gasteiger partial charge in [-0.1, -0.05) is 0 Å². The molecular weight excluding hydrogens is 434 g/mol. The van der Waals surface area contributed by atoms with Gasteiger partial charge in [0.05, 0.1) is 7.11 Å². The van der Waals surface area contributed by atoms with Gasteiger partial charge in [0.1, 0.15) is 5.60 Å². The lowest BCUT2D eigenvalue weighted by Gasteiger charge is -2.33. The largest absolute Gasteiger partial charge is 0.469 e. The molecule has 188 valence electrons. The summed E-state index contributed by atoms with van der Waals surface area (Å²) in [5.74, 6) is 0.643. The molecule has 0 spiro atoms. The lowest BCUT2D eigenvalue weighted by molar-refractivity contribution is -0.142. The molecule has 0 saturated carbocycles. The van der Waals surface area contributed by atoms with E-state index in [9.17, 15) is 14.4 Å². The average Bonchev–Trinajstić information content (AvgIpc) is 2.82. The molecule has 2 aliphatic rings. The highest BCUT2D eigenvalue weighted by Gasteiger charge is 2.27. The second-order valence-corrected chi connectivity index (χ2v) is 10.4. The van der Waals surface area contributed by atoms with Gasteiger partial charge in [0.15, 0.2) is 0 Å². The van der Waals surface area contributed by atoms with Crippen LogP contribution in [0.3, 0.4) is 0 Å². The van der Waals surface area contributed by atoms with Gasteiger partial charge in [0, 0.05) is 50.4 Å². The van der Waals surface area contributed by atoms with Crippen LogP contribution in [0.2, 0.25) is 0 Å². The molecule has 2 fully saturated rings. The smallest absolute Gasteiger partial charge is 0.410 e. The standard InChI is InChI=1S/C26H39N3O5/c1-26(2,3)34-25(32)29-15-11-20(12-16-29)18-27-22-7-5-21(6-8-22)24(31)28-13-9-19(10-14-28)17-23(30)33-4/h5-8,19-20,27H,9-18H2,1-4H3. The Labute approximate surface area is 202 Å². The first-order valence-corrected chi connectivity index (χ1v) is 12.3. The van der Waals surface area contributed by atoms with Crippen LogP contribution in [0.15, 0.2) is 24.3 Å². The van der Waals surface area contributed by atoms with Crippen molar-refractivity contribution in [3.05, 3.63) is 29.8 Å². The van der Waals surface area contributed by atoms with Crippen LogP contribution < -0.4 is 5.32 Å². The highest BCUT2D eigenvalue weighted by Crippen LogP contribution is 2.24. The van der Waals surface area contributed by atoms with E-state index in [-0.39, 0.29) is 18.0 Å². The molecule has 1 aromatic rings. The summed E-state index contributed by atoms with van der Waals surface area (Å²) in [6, 6.07) is 7.65. The predicted octanol–water partition coefficient (Wildman–Crippen LogP) is 4.16. The van der Waals surface area contributed by atoms with Crippen molar-refractivity contribution >= 4 is 23.7 Å². The fraction of sp³-hybridized carbons (Fsp3) is 0.654. The number of methoxy groups -OCH3 is 1. The molecule has 2 aliphatic heterocycles. The minimum absolute atomic E-state index is 0.0394. The van der Waals surface area contributed by atoms with Gasteiger partial charge in [-0.25, -0.2) is 4.79 Å². The van der Waals surface area contributed by atoms with Crippen molar-refractivity contribution in [1.82, 2.24) is 9.80 Å². The van der Waals surface area contributed by atoms with Gasteiger partial charge in [-0.15, -0.1) is 0 Å². The Hall–Kier alpha value is -2.77. The third-order valence-electron chi connectivity index (χ3n) is 6.58. The van der Waals surface area contributed by atoms with Gasteiger partial charge >= 0.3 is 12.1 Å². The summed E-state index contributed by atoms with van der Waals surface area (Å²) in [4.78, 5) is 40.2. The Morgan fingerprint density at radius 3 is 2.03 bits per heavy atom. The van der Waals surface area contributed by atoms with E-state index >= 15 is 0 Å². The number of hydrogen-bond donors (Lipinski definition) is 1. The van der Waals surface area contributed by atoms with Gasteiger partial charge in [-0.3, -0.25) is 9.59 Å². The van der Waals surface area contributed by atoms with Crippen LogP contribution in [0.4, 0.5) is 10.5 Å². The number of amides is 2. The highest BCUT2D eigenvalue weighted by atomic mass is 16.6. The number of nitrogens with zero attached hydrogens (tertiary/aromatic N) is 2. The van der Waals surface area contributed by atoms with E-state index < -0.39 is 5.60 Å². The Morgan fingerprint density at radius 1 is 0.912 bits per heavy atom. The minimum atomic E-state index is -0.468. The number of carbonyl (C=O) groups excluding carboxylic acids is 3. The molecule has 1 N–H and O–H groups in total. The molecule has 0 aromatic heterocycles. The molecule has 3 rings (SSSR count). The summed E-state index contributed by atoms with van der Waals surface area (Å²) in [5.41, 5.74) is 1.20. The zero-order valence-corrected chi connectivity index (χ0v) is 21.0. The van der Waals surface area contributed by atoms with Crippen molar-refractivity contribution in [2.24, 2.45) is 11.8 Å². The molecular formula is C26H39N3O5. The number of esters is 1. The first-order chi connectivity index (χ1) is 16.1. The van der Waals surface area contributed by atoms with Crippen molar-refractivity contribution in [2.45, 2.75) is 58.5 Å². The normalized spacial score (nSPS) is 17.9. The number of carbonyl (C=O) groups is 3. The van der Waals surface area contributed by atoms with Gasteiger partial charge in [0.2, 0.25) is 0 Å². The lowest BCUT2D eigenvalue weighted by atomic mass is 9.93. The van der Waals surface area contributed by atoms with Gasteiger partial charge < -0.3 is 24.6 Å². The Morgan fingerprint density at radius 2 is 1.47 bits per heavy atom. The maximum atomic E-state index is 12.8. The number of likely N-dealkylation sites (tertiary alicyclic amines) is 2. The molecule has 34 heavy (non-hydrogen) atoms. The number of benzene rings is 1. The Kier molecular flexibility index (Phi) is 8.80. The van der Waals surface area contributed by atoms with Crippen molar-refractivity contribution in [3.8, 4) is 0 Å². The van der Waals surface area contributed by atoms with Crippen molar-refractivity contribution in [2.75, 3.05) is 45.2 Å². The third kappa shape index (κ3) is 7.64. The molecule has 2 saturated heterocycles. The SMILES string of the molecule is COC(=O)CC1CCN(C(=O)c2ccc(NCC3CCN(C(=O)OC(C)(C)C)CC3)cc2)CC1. The second-order valence-electron chi connectivity index (χ2n) is 10.4. The number of nitrogens with one attached hydrogen (secondary N) is 1. The summed E-state index contributed by atoms with van der Waals surface area (Å²) in [5, 5.41) is 3.47. The fourth-order valence-electron chi connectivity index (χ4n) is 4.48. The van der Waals surface area contributed by atoms with Gasteiger partial charge in [-0.05, 0) is 82.6 Å². The number of hydrogen-bond acceptors (Lipinski definition) is 6. The van der Waals surface area contributed by atoms with E-state index in [1.165, 1.54) is 7.11 Å².